The molecule has 0 saturated carbocycles. The molecule has 0 aliphatic rings. The van der Waals surface area contributed by atoms with E-state index in [9.17, 15) is 14.4 Å². The SMILES string of the molecule is CC/C=C\C/C=C\C/C=C\C/C=C\CCCCCCCCCCCCCCCCC(=O)OCC(COC(=O)CCCCCCC/C=C\C/C=C\CCCC)OC(=O)CCCCCCCCCCCCCCCCCCC. The molecule has 0 aliphatic heterocycles. The summed E-state index contributed by atoms with van der Waals surface area (Å²) in [6.45, 7) is 6.52. The molecule has 6 heteroatoms. The number of carbonyl (C=O) groups is 3. The van der Waals surface area contributed by atoms with Crippen molar-refractivity contribution in [2.75, 3.05) is 13.2 Å². The van der Waals surface area contributed by atoms with Crippen molar-refractivity contribution in [3.05, 3.63) is 72.9 Å². The quantitative estimate of drug-likeness (QED) is 0.0261. The lowest BCUT2D eigenvalue weighted by molar-refractivity contribution is -0.167. The predicted octanol–water partition coefficient (Wildman–Crippen LogP) is 22.5. The summed E-state index contributed by atoms with van der Waals surface area (Å²) >= 11 is 0. The normalized spacial score (nSPS) is 12.5. The lowest BCUT2D eigenvalue weighted by atomic mass is 10.0. The maximum absolute atomic E-state index is 12.9. The predicted molar refractivity (Wildman–Crippen MR) is 330 cm³/mol. The second-order valence-corrected chi connectivity index (χ2v) is 22.0. The summed E-state index contributed by atoms with van der Waals surface area (Å²) < 4.78 is 16.9. The fourth-order valence-corrected chi connectivity index (χ4v) is 9.51. The molecule has 6 nitrogen and oxygen atoms in total. The molecule has 0 radical (unpaired) electrons. The average molecular weight is 1060 g/mol. The molecule has 0 rings (SSSR count). The first-order chi connectivity index (χ1) is 37.5. The summed E-state index contributed by atoms with van der Waals surface area (Å²) in [6.07, 6.45) is 83.4. The van der Waals surface area contributed by atoms with Crippen molar-refractivity contribution in [3.8, 4) is 0 Å². The van der Waals surface area contributed by atoms with Crippen LogP contribution in [-0.2, 0) is 28.6 Å². The number of rotatable bonds is 60. The minimum Gasteiger partial charge on any atom is -0.462 e. The zero-order valence-electron chi connectivity index (χ0n) is 50.5. The van der Waals surface area contributed by atoms with E-state index < -0.39 is 6.10 Å². The molecule has 0 amide bonds. The van der Waals surface area contributed by atoms with E-state index in [1.165, 1.54) is 193 Å². The highest BCUT2D eigenvalue weighted by molar-refractivity contribution is 5.71. The van der Waals surface area contributed by atoms with Crippen LogP contribution in [0.2, 0.25) is 0 Å². The number of hydrogen-bond donors (Lipinski definition) is 0. The van der Waals surface area contributed by atoms with Crippen molar-refractivity contribution in [1.82, 2.24) is 0 Å². The van der Waals surface area contributed by atoms with Crippen molar-refractivity contribution in [1.29, 1.82) is 0 Å². The smallest absolute Gasteiger partial charge is 0.306 e. The molecule has 0 aromatic rings. The van der Waals surface area contributed by atoms with Gasteiger partial charge < -0.3 is 14.2 Å². The van der Waals surface area contributed by atoms with Gasteiger partial charge in [0.15, 0.2) is 6.10 Å². The zero-order chi connectivity index (χ0) is 55.0. The Morgan fingerprint density at radius 3 is 0.842 bits per heavy atom. The Bertz CT molecular complexity index is 1400. The Balaban J connectivity index is 4.26. The summed E-state index contributed by atoms with van der Waals surface area (Å²) in [5.74, 6) is -0.872. The largest absolute Gasteiger partial charge is 0.462 e. The number of esters is 3. The van der Waals surface area contributed by atoms with Crippen molar-refractivity contribution in [3.63, 3.8) is 0 Å². The molecule has 0 fully saturated rings. The van der Waals surface area contributed by atoms with E-state index in [0.29, 0.717) is 19.3 Å². The van der Waals surface area contributed by atoms with Gasteiger partial charge in [-0.25, -0.2) is 0 Å². The maximum Gasteiger partial charge on any atom is 0.306 e. The molecule has 76 heavy (non-hydrogen) atoms. The number of unbranched alkanes of at least 4 members (excludes halogenated alkanes) is 37. The van der Waals surface area contributed by atoms with Gasteiger partial charge in [0.2, 0.25) is 0 Å². The molecule has 0 heterocycles. The number of hydrogen-bond acceptors (Lipinski definition) is 6. The molecule has 0 spiro atoms. The van der Waals surface area contributed by atoms with Crippen LogP contribution in [0.4, 0.5) is 0 Å². The molecular formula is C70H124O6. The zero-order valence-corrected chi connectivity index (χ0v) is 50.5. The highest BCUT2D eigenvalue weighted by atomic mass is 16.6. The van der Waals surface area contributed by atoms with Crippen molar-refractivity contribution in [2.45, 2.75) is 341 Å². The number of ether oxygens (including phenoxy) is 3. The van der Waals surface area contributed by atoms with Gasteiger partial charge in [0.1, 0.15) is 13.2 Å². The third-order valence-electron chi connectivity index (χ3n) is 14.4. The summed E-state index contributed by atoms with van der Waals surface area (Å²) in [6, 6.07) is 0. The molecule has 0 aromatic carbocycles. The topological polar surface area (TPSA) is 78.9 Å². The Morgan fingerprint density at radius 1 is 0.276 bits per heavy atom. The van der Waals surface area contributed by atoms with Crippen LogP contribution >= 0.6 is 0 Å². The van der Waals surface area contributed by atoms with Gasteiger partial charge in [-0.1, -0.05) is 306 Å². The Morgan fingerprint density at radius 2 is 0.526 bits per heavy atom. The first kappa shape index (κ1) is 72.8. The third kappa shape index (κ3) is 61.7. The van der Waals surface area contributed by atoms with E-state index in [4.69, 9.17) is 14.2 Å². The second kappa shape index (κ2) is 64.4. The lowest BCUT2D eigenvalue weighted by Crippen LogP contribution is -2.30. The van der Waals surface area contributed by atoms with E-state index in [1.807, 2.05) is 0 Å². The van der Waals surface area contributed by atoms with Crippen molar-refractivity contribution in [2.24, 2.45) is 0 Å². The molecular weight excluding hydrogens is 937 g/mol. The van der Waals surface area contributed by atoms with Gasteiger partial charge in [0, 0.05) is 19.3 Å². The van der Waals surface area contributed by atoms with Gasteiger partial charge in [-0.2, -0.15) is 0 Å². The summed E-state index contributed by atoms with van der Waals surface area (Å²) in [5.41, 5.74) is 0. The van der Waals surface area contributed by atoms with E-state index in [1.54, 1.807) is 0 Å². The van der Waals surface area contributed by atoms with Crippen LogP contribution in [0.1, 0.15) is 335 Å². The molecule has 440 valence electrons. The standard InChI is InChI=1S/C70H124O6/c1-4-7-10-13-16-19-22-25-28-30-31-32-33-34-35-36-37-38-39-41-42-45-48-51-54-57-60-63-69(72)75-66-67(65-74-68(71)62-59-56-53-50-47-44-27-24-21-18-15-12-9-6-3)76-70(73)64-61-58-55-52-49-46-43-40-29-26-23-20-17-14-11-8-5-2/h7,10,15-16,18-19,24-25,27-28,31-32,67H,4-6,8-9,11-14,17,20-23,26,29-30,33-66H2,1-3H3/b10-7-,18-15-,19-16-,27-24-,28-25-,32-31-. The van der Waals surface area contributed by atoms with Crippen LogP contribution in [0.3, 0.4) is 0 Å². The summed E-state index contributed by atoms with van der Waals surface area (Å²) in [7, 11) is 0. The van der Waals surface area contributed by atoms with Crippen LogP contribution in [-0.4, -0.2) is 37.2 Å². The van der Waals surface area contributed by atoms with Gasteiger partial charge >= 0.3 is 17.9 Å². The molecule has 0 saturated heterocycles. The minimum atomic E-state index is -0.780. The van der Waals surface area contributed by atoms with Crippen LogP contribution in [0, 0.1) is 0 Å². The Kier molecular flexibility index (Phi) is 61.7. The van der Waals surface area contributed by atoms with E-state index in [2.05, 4.69) is 93.7 Å². The van der Waals surface area contributed by atoms with Crippen LogP contribution < -0.4 is 0 Å². The van der Waals surface area contributed by atoms with Crippen molar-refractivity contribution < 1.29 is 28.6 Å². The molecule has 0 aromatic heterocycles. The van der Waals surface area contributed by atoms with Gasteiger partial charge in [0.05, 0.1) is 0 Å². The van der Waals surface area contributed by atoms with Gasteiger partial charge in [-0.05, 0) is 83.5 Å². The van der Waals surface area contributed by atoms with Crippen LogP contribution in [0.25, 0.3) is 0 Å². The fourth-order valence-electron chi connectivity index (χ4n) is 9.51. The van der Waals surface area contributed by atoms with Gasteiger partial charge in [-0.3, -0.25) is 14.4 Å². The Hall–Kier alpha value is -3.15. The number of allylic oxidation sites excluding steroid dienone is 12. The third-order valence-corrected chi connectivity index (χ3v) is 14.4. The first-order valence-corrected chi connectivity index (χ1v) is 32.9. The summed E-state index contributed by atoms with van der Waals surface area (Å²) in [5, 5.41) is 0. The first-order valence-electron chi connectivity index (χ1n) is 32.9. The minimum absolute atomic E-state index is 0.0762. The van der Waals surface area contributed by atoms with Crippen LogP contribution in [0.5, 0.6) is 0 Å². The average Bonchev–Trinajstić information content (AvgIpc) is 3.42. The van der Waals surface area contributed by atoms with E-state index in [-0.39, 0.29) is 31.1 Å². The highest BCUT2D eigenvalue weighted by Crippen LogP contribution is 2.17. The number of carbonyl (C=O) groups excluding carboxylic acids is 3. The maximum atomic E-state index is 12.9. The molecule has 0 aliphatic carbocycles. The Labute approximate surface area is 472 Å². The van der Waals surface area contributed by atoms with E-state index >= 15 is 0 Å². The van der Waals surface area contributed by atoms with Gasteiger partial charge in [0.25, 0.3) is 0 Å². The lowest BCUT2D eigenvalue weighted by Gasteiger charge is -2.18. The molecule has 0 N–H and O–H groups in total. The second-order valence-electron chi connectivity index (χ2n) is 22.0. The van der Waals surface area contributed by atoms with E-state index in [0.717, 1.165) is 103 Å². The highest BCUT2D eigenvalue weighted by Gasteiger charge is 2.19. The van der Waals surface area contributed by atoms with Crippen molar-refractivity contribution >= 4 is 17.9 Å². The molecule has 1 unspecified atom stereocenters. The van der Waals surface area contributed by atoms with Crippen LogP contribution in [0.15, 0.2) is 72.9 Å². The molecule has 0 bridgehead atoms. The van der Waals surface area contributed by atoms with Gasteiger partial charge in [-0.15, -0.1) is 0 Å². The fraction of sp³-hybridized carbons (Fsp3) is 0.786. The monoisotopic (exact) mass is 1060 g/mol. The molecule has 1 atom stereocenters. The summed E-state index contributed by atoms with van der Waals surface area (Å²) in [4.78, 5) is 38.3.